The van der Waals surface area contributed by atoms with Crippen LogP contribution in [0.5, 0.6) is 5.75 Å². The molecule has 0 aliphatic heterocycles. The molecule has 4 N–H and O–H groups in total. The normalized spacial score (nSPS) is 11.6. The van der Waals surface area contributed by atoms with Crippen LogP contribution in [0, 0.1) is 0 Å². The highest BCUT2D eigenvalue weighted by atomic mass is 35.5. The molecule has 0 fully saturated rings. The number of urea groups is 1. The van der Waals surface area contributed by atoms with E-state index in [1.807, 2.05) is 0 Å². The molecule has 0 aliphatic carbocycles. The van der Waals surface area contributed by atoms with E-state index >= 15 is 0 Å². The number of benzene rings is 2. The quantitative estimate of drug-likeness (QED) is 0.460. The zero-order valence-electron chi connectivity index (χ0n) is 14.3. The maximum atomic E-state index is 12.3. The van der Waals surface area contributed by atoms with E-state index in [1.165, 1.54) is 6.20 Å². The lowest BCUT2D eigenvalue weighted by molar-refractivity contribution is 0.184. The van der Waals surface area contributed by atoms with Gasteiger partial charge in [0.15, 0.2) is 5.49 Å². The van der Waals surface area contributed by atoms with Gasteiger partial charge in [0.2, 0.25) is 0 Å². The number of nitrogens with zero attached hydrogens (tertiary/aromatic N) is 3. The molecule has 0 bridgehead atoms. The first kappa shape index (κ1) is 18.7. The van der Waals surface area contributed by atoms with Crippen molar-refractivity contribution in [1.29, 1.82) is 0 Å². The van der Waals surface area contributed by atoms with Crippen molar-refractivity contribution < 1.29 is 14.7 Å². The van der Waals surface area contributed by atoms with E-state index in [-0.39, 0.29) is 5.49 Å². The van der Waals surface area contributed by atoms with E-state index in [1.54, 1.807) is 42.5 Å². The summed E-state index contributed by atoms with van der Waals surface area (Å²) in [6, 6.07) is 11.1. The number of carbonyl (C=O) groups excluding carboxylic acids is 1. The fourth-order valence-electron chi connectivity index (χ4n) is 2.37. The Balaban J connectivity index is 1.87. The van der Waals surface area contributed by atoms with Crippen LogP contribution in [0.15, 0.2) is 53.7 Å². The number of nitrogens with one attached hydrogen (secondary N) is 1. The highest BCUT2D eigenvalue weighted by Gasteiger charge is 2.09. The minimum atomic E-state index is -0.708. The van der Waals surface area contributed by atoms with Gasteiger partial charge in [0, 0.05) is 5.02 Å². The van der Waals surface area contributed by atoms with Gasteiger partial charge in [-0.2, -0.15) is 9.72 Å². The lowest BCUT2D eigenvalue weighted by atomic mass is 10.3. The Morgan fingerprint density at radius 1 is 1.33 bits per heavy atom. The van der Waals surface area contributed by atoms with Gasteiger partial charge in [-0.05, 0) is 43.3 Å². The largest absolute Gasteiger partial charge is 0.491 e. The first-order chi connectivity index (χ1) is 13.1. The first-order valence-electron chi connectivity index (χ1n) is 8.22. The molecule has 140 valence electrons. The third-order valence-corrected chi connectivity index (χ3v) is 3.89. The number of hydrogen-bond acceptors (Lipinski definition) is 5. The van der Waals surface area contributed by atoms with E-state index in [0.717, 1.165) is 4.73 Å². The predicted molar refractivity (Wildman–Crippen MR) is 102 cm³/mol. The Morgan fingerprint density at radius 2 is 2.15 bits per heavy atom. The highest BCUT2D eigenvalue weighted by Crippen LogP contribution is 2.28. The fraction of sp³-hybridized carbons (Fsp3) is 0.167. The summed E-state index contributed by atoms with van der Waals surface area (Å²) in [6.45, 7) is 0.902. The number of carbonyl (C=O) groups is 1. The number of hydrogen-bond donors (Lipinski definition) is 3. The van der Waals surface area contributed by atoms with E-state index in [4.69, 9.17) is 22.1 Å². The molecule has 0 spiro atoms. The zero-order valence-corrected chi connectivity index (χ0v) is 15.1. The van der Waals surface area contributed by atoms with Crippen molar-refractivity contribution in [3.8, 4) is 5.75 Å². The van der Waals surface area contributed by atoms with E-state index < -0.39 is 6.03 Å². The van der Waals surface area contributed by atoms with Crippen molar-refractivity contribution in [1.82, 2.24) is 9.71 Å². The van der Waals surface area contributed by atoms with Gasteiger partial charge in [-0.3, -0.25) is 4.98 Å². The number of ether oxygens (including phenoxy) is 1. The fourth-order valence-corrected chi connectivity index (χ4v) is 2.54. The van der Waals surface area contributed by atoms with E-state index in [2.05, 4.69) is 15.3 Å². The van der Waals surface area contributed by atoms with Crippen LogP contribution in [0.3, 0.4) is 0 Å². The van der Waals surface area contributed by atoms with E-state index in [0.29, 0.717) is 47.1 Å². The molecule has 2 amide bonds. The third-order valence-electron chi connectivity index (χ3n) is 3.65. The monoisotopic (exact) mass is 387 g/mol. The number of halogens is 1. The molecule has 0 saturated heterocycles. The van der Waals surface area contributed by atoms with Gasteiger partial charge in [-0.1, -0.05) is 23.7 Å². The molecule has 1 aromatic heterocycles. The summed E-state index contributed by atoms with van der Waals surface area (Å²) in [7, 11) is 0. The Morgan fingerprint density at radius 3 is 2.96 bits per heavy atom. The lowest BCUT2D eigenvalue weighted by Crippen LogP contribution is -2.23. The highest BCUT2D eigenvalue weighted by molar-refractivity contribution is 6.31. The Labute approximate surface area is 159 Å². The topological polar surface area (TPSA) is 115 Å². The number of amides is 2. The van der Waals surface area contributed by atoms with Gasteiger partial charge in [0.1, 0.15) is 11.3 Å². The molecular weight excluding hydrogens is 370 g/mol. The standard InChI is InChI=1S/C18H18ClN5O3/c19-12-6-7-16(27-9-3-8-20)14(10-12)22-18(25)23-17-11-21-13-4-1-2-5-15(13)24(17)26/h1-2,4-7,10-11,26H,3,8-9,20H2,(H,22,25)/b23-17+. The van der Waals surface area contributed by atoms with Gasteiger partial charge >= 0.3 is 6.03 Å². The molecule has 2 aromatic carbocycles. The molecule has 0 atom stereocenters. The third kappa shape index (κ3) is 4.55. The summed E-state index contributed by atoms with van der Waals surface area (Å²) >= 11 is 6.00. The second-order valence-electron chi connectivity index (χ2n) is 5.59. The Kier molecular flexibility index (Phi) is 5.90. The summed E-state index contributed by atoms with van der Waals surface area (Å²) in [5, 5.41) is 13.3. The molecule has 8 nitrogen and oxygen atoms in total. The number of nitrogens with two attached hydrogens (primary N) is 1. The minimum absolute atomic E-state index is 0.0150. The second-order valence-corrected chi connectivity index (χ2v) is 6.03. The van der Waals surface area contributed by atoms with E-state index in [9.17, 15) is 10.0 Å². The van der Waals surface area contributed by atoms with Crippen molar-refractivity contribution in [3.05, 3.63) is 59.2 Å². The second kappa shape index (κ2) is 8.52. The molecule has 3 rings (SSSR count). The average Bonchev–Trinajstić information content (AvgIpc) is 2.66. The summed E-state index contributed by atoms with van der Waals surface area (Å²) in [5.74, 6) is 0.449. The Bertz CT molecular complexity index is 1030. The summed E-state index contributed by atoms with van der Waals surface area (Å²) < 4.78 is 6.41. The number of fused-ring (bicyclic) bond motifs is 1. The van der Waals surface area contributed by atoms with Crippen LogP contribution in [0.25, 0.3) is 11.0 Å². The van der Waals surface area contributed by atoms with Crippen LogP contribution in [-0.4, -0.2) is 34.1 Å². The van der Waals surface area contributed by atoms with Crippen LogP contribution in [-0.2, 0) is 0 Å². The summed E-state index contributed by atoms with van der Waals surface area (Å²) in [4.78, 5) is 20.3. The predicted octanol–water partition coefficient (Wildman–Crippen LogP) is 2.79. The molecule has 3 aromatic rings. The lowest BCUT2D eigenvalue weighted by Gasteiger charge is -2.11. The molecule has 0 aliphatic rings. The average molecular weight is 388 g/mol. The molecule has 27 heavy (non-hydrogen) atoms. The van der Waals surface area contributed by atoms with Crippen molar-refractivity contribution in [3.63, 3.8) is 0 Å². The first-order valence-corrected chi connectivity index (χ1v) is 8.60. The van der Waals surface area contributed by atoms with Gasteiger partial charge in [0.05, 0.1) is 24.0 Å². The maximum Gasteiger partial charge on any atom is 0.347 e. The molecular formula is C18H18ClN5O3. The Hall–Kier alpha value is -3.10. The minimum Gasteiger partial charge on any atom is -0.491 e. The maximum absolute atomic E-state index is 12.3. The SMILES string of the molecule is NCCCOc1ccc(Cl)cc1NC(=O)/N=c1\cnc2ccccc2n1O. The molecule has 0 saturated carbocycles. The molecule has 9 heteroatoms. The van der Waals surface area contributed by atoms with Crippen molar-refractivity contribution in [2.75, 3.05) is 18.5 Å². The van der Waals surface area contributed by atoms with Gasteiger partial charge in [0.25, 0.3) is 0 Å². The van der Waals surface area contributed by atoms with Crippen molar-refractivity contribution >= 4 is 34.4 Å². The van der Waals surface area contributed by atoms with Gasteiger partial charge < -0.3 is 21.0 Å². The van der Waals surface area contributed by atoms with Crippen LogP contribution in [0.4, 0.5) is 10.5 Å². The number of para-hydroxylation sites is 2. The number of aromatic nitrogens is 2. The van der Waals surface area contributed by atoms with Crippen LogP contribution in [0.1, 0.15) is 6.42 Å². The van der Waals surface area contributed by atoms with Gasteiger partial charge in [-0.15, -0.1) is 0 Å². The zero-order chi connectivity index (χ0) is 19.2. The molecule has 0 radical (unpaired) electrons. The van der Waals surface area contributed by atoms with Gasteiger partial charge in [-0.25, -0.2) is 4.79 Å². The van der Waals surface area contributed by atoms with Crippen molar-refractivity contribution in [2.45, 2.75) is 6.42 Å². The smallest absolute Gasteiger partial charge is 0.347 e. The van der Waals surface area contributed by atoms with Crippen LogP contribution in [0.2, 0.25) is 5.02 Å². The number of rotatable bonds is 5. The van der Waals surface area contributed by atoms with Crippen molar-refractivity contribution in [2.24, 2.45) is 10.7 Å². The van der Waals surface area contributed by atoms with Crippen LogP contribution >= 0.6 is 11.6 Å². The summed E-state index contributed by atoms with van der Waals surface area (Å²) in [5.41, 5.74) is 6.81. The molecule has 0 unspecified atom stereocenters. The number of anilines is 1. The van der Waals surface area contributed by atoms with Crippen LogP contribution < -0.4 is 21.3 Å². The summed E-state index contributed by atoms with van der Waals surface area (Å²) in [6.07, 6.45) is 1.98. The molecule has 1 heterocycles.